The third-order valence-corrected chi connectivity index (χ3v) is 4.54. The standard InChI is InChI=1S/C15H21Cl2NO/c1-15(5-3-2-4-6-15)10-18-9-11-7-12(16)8-13(17)14(11)19/h7-8,18-19H,2-6,9-10H2,1H3. The summed E-state index contributed by atoms with van der Waals surface area (Å²) < 4.78 is 0. The molecule has 0 amide bonds. The van der Waals surface area contributed by atoms with Crippen LogP contribution in [0.25, 0.3) is 0 Å². The van der Waals surface area contributed by atoms with Crippen molar-refractivity contribution in [1.29, 1.82) is 0 Å². The molecule has 2 N–H and O–H groups in total. The monoisotopic (exact) mass is 301 g/mol. The van der Waals surface area contributed by atoms with Crippen LogP contribution in [0.1, 0.15) is 44.6 Å². The average molecular weight is 302 g/mol. The van der Waals surface area contributed by atoms with Gasteiger partial charge in [0.25, 0.3) is 0 Å². The fourth-order valence-electron chi connectivity index (χ4n) is 2.84. The van der Waals surface area contributed by atoms with Crippen LogP contribution in [0.5, 0.6) is 5.75 Å². The third-order valence-electron chi connectivity index (χ3n) is 4.04. The van der Waals surface area contributed by atoms with Crippen molar-refractivity contribution in [3.63, 3.8) is 0 Å². The van der Waals surface area contributed by atoms with E-state index in [1.807, 2.05) is 0 Å². The van der Waals surface area contributed by atoms with Gasteiger partial charge in [-0.05, 0) is 30.4 Å². The van der Waals surface area contributed by atoms with Gasteiger partial charge in [0.1, 0.15) is 5.75 Å². The highest BCUT2D eigenvalue weighted by Gasteiger charge is 2.26. The minimum absolute atomic E-state index is 0.132. The average Bonchev–Trinajstić information content (AvgIpc) is 2.36. The maximum Gasteiger partial charge on any atom is 0.138 e. The summed E-state index contributed by atoms with van der Waals surface area (Å²) in [6.45, 7) is 3.91. The lowest BCUT2D eigenvalue weighted by Gasteiger charge is -2.33. The number of hydrogen-bond donors (Lipinski definition) is 2. The molecule has 0 radical (unpaired) electrons. The van der Waals surface area contributed by atoms with E-state index in [-0.39, 0.29) is 5.75 Å². The van der Waals surface area contributed by atoms with Gasteiger partial charge in [0, 0.05) is 23.7 Å². The molecule has 1 fully saturated rings. The van der Waals surface area contributed by atoms with Gasteiger partial charge < -0.3 is 10.4 Å². The van der Waals surface area contributed by atoms with Crippen LogP contribution in [0, 0.1) is 5.41 Å². The molecule has 1 saturated carbocycles. The molecule has 0 saturated heterocycles. The molecular weight excluding hydrogens is 281 g/mol. The van der Waals surface area contributed by atoms with E-state index in [2.05, 4.69) is 12.2 Å². The van der Waals surface area contributed by atoms with Gasteiger partial charge in [-0.25, -0.2) is 0 Å². The van der Waals surface area contributed by atoms with E-state index in [0.717, 1.165) is 12.1 Å². The number of hydrogen-bond acceptors (Lipinski definition) is 2. The SMILES string of the molecule is CC1(CNCc2cc(Cl)cc(Cl)c2O)CCCCC1. The number of phenols is 1. The highest BCUT2D eigenvalue weighted by atomic mass is 35.5. The first-order chi connectivity index (χ1) is 9.00. The first-order valence-corrected chi connectivity index (χ1v) is 7.63. The number of phenolic OH excluding ortho intramolecular Hbond substituents is 1. The van der Waals surface area contributed by atoms with Crippen LogP contribution < -0.4 is 5.32 Å². The van der Waals surface area contributed by atoms with Crippen molar-refractivity contribution in [3.05, 3.63) is 27.7 Å². The highest BCUT2D eigenvalue weighted by molar-refractivity contribution is 6.35. The molecule has 4 heteroatoms. The van der Waals surface area contributed by atoms with Crippen LogP contribution in [0.4, 0.5) is 0 Å². The predicted octanol–water partition coefficient (Wildman–Crippen LogP) is 4.76. The Bertz CT molecular complexity index is 442. The van der Waals surface area contributed by atoms with E-state index in [4.69, 9.17) is 23.2 Å². The fourth-order valence-corrected chi connectivity index (χ4v) is 3.37. The maximum atomic E-state index is 9.89. The molecular formula is C15H21Cl2NO. The van der Waals surface area contributed by atoms with Crippen molar-refractivity contribution >= 4 is 23.2 Å². The molecule has 1 aliphatic carbocycles. The van der Waals surface area contributed by atoms with Gasteiger partial charge in [-0.15, -0.1) is 0 Å². The van der Waals surface area contributed by atoms with E-state index in [9.17, 15) is 5.11 Å². The van der Waals surface area contributed by atoms with Crippen molar-refractivity contribution < 1.29 is 5.11 Å². The lowest BCUT2D eigenvalue weighted by molar-refractivity contribution is 0.207. The Labute approximate surface area is 125 Å². The molecule has 106 valence electrons. The molecule has 1 aromatic rings. The molecule has 0 bridgehead atoms. The predicted molar refractivity (Wildman–Crippen MR) is 81.0 cm³/mol. The summed E-state index contributed by atoms with van der Waals surface area (Å²) >= 11 is 11.9. The second-order valence-electron chi connectivity index (χ2n) is 5.87. The zero-order chi connectivity index (χ0) is 13.9. The largest absolute Gasteiger partial charge is 0.506 e. The molecule has 1 aliphatic rings. The van der Waals surface area contributed by atoms with Crippen LogP contribution in [0.3, 0.4) is 0 Å². The van der Waals surface area contributed by atoms with Gasteiger partial charge >= 0.3 is 0 Å². The van der Waals surface area contributed by atoms with Crippen molar-refractivity contribution in [3.8, 4) is 5.75 Å². The summed E-state index contributed by atoms with van der Waals surface area (Å²) in [6.07, 6.45) is 6.57. The van der Waals surface area contributed by atoms with Crippen molar-refractivity contribution in [2.75, 3.05) is 6.54 Å². The van der Waals surface area contributed by atoms with Crippen LogP contribution in [-0.2, 0) is 6.54 Å². The number of rotatable bonds is 4. The summed E-state index contributed by atoms with van der Waals surface area (Å²) in [5.41, 5.74) is 1.15. The Kier molecular flexibility index (Phi) is 4.99. The second kappa shape index (κ2) is 6.34. The minimum atomic E-state index is 0.132. The Hall–Kier alpha value is -0.440. The Morgan fingerprint density at radius 1 is 1.21 bits per heavy atom. The van der Waals surface area contributed by atoms with Gasteiger partial charge in [-0.3, -0.25) is 0 Å². The topological polar surface area (TPSA) is 32.3 Å². The van der Waals surface area contributed by atoms with E-state index >= 15 is 0 Å². The van der Waals surface area contributed by atoms with Gasteiger partial charge in [-0.2, -0.15) is 0 Å². The fraction of sp³-hybridized carbons (Fsp3) is 0.600. The number of benzene rings is 1. The van der Waals surface area contributed by atoms with E-state index < -0.39 is 0 Å². The summed E-state index contributed by atoms with van der Waals surface area (Å²) in [5, 5.41) is 14.2. The summed E-state index contributed by atoms with van der Waals surface area (Å²) in [4.78, 5) is 0. The first kappa shape index (κ1) is 15.0. The molecule has 0 spiro atoms. The number of halogens is 2. The molecule has 0 aromatic heterocycles. The lowest BCUT2D eigenvalue weighted by atomic mass is 9.76. The maximum absolute atomic E-state index is 9.89. The molecule has 1 aromatic carbocycles. The quantitative estimate of drug-likeness (QED) is 0.840. The van der Waals surface area contributed by atoms with Crippen molar-refractivity contribution in [1.82, 2.24) is 5.32 Å². The third kappa shape index (κ3) is 4.01. The minimum Gasteiger partial charge on any atom is -0.506 e. The van der Waals surface area contributed by atoms with Crippen LogP contribution in [0.2, 0.25) is 10.0 Å². The van der Waals surface area contributed by atoms with Gasteiger partial charge in [0.2, 0.25) is 0 Å². The summed E-state index contributed by atoms with van der Waals surface area (Å²) in [5.74, 6) is 0.132. The van der Waals surface area contributed by atoms with Crippen LogP contribution in [-0.4, -0.2) is 11.7 Å². The van der Waals surface area contributed by atoms with Gasteiger partial charge in [0.15, 0.2) is 0 Å². The van der Waals surface area contributed by atoms with E-state index in [1.165, 1.54) is 32.1 Å². The van der Waals surface area contributed by atoms with Gasteiger partial charge in [0.05, 0.1) is 5.02 Å². The Balaban J connectivity index is 1.92. The summed E-state index contributed by atoms with van der Waals surface area (Å²) in [7, 11) is 0. The molecule has 0 atom stereocenters. The smallest absolute Gasteiger partial charge is 0.138 e. The molecule has 0 unspecified atom stereocenters. The zero-order valence-electron chi connectivity index (χ0n) is 11.3. The number of aromatic hydroxyl groups is 1. The van der Waals surface area contributed by atoms with Gasteiger partial charge in [-0.1, -0.05) is 49.4 Å². The molecule has 2 rings (SSSR count). The molecule has 0 heterocycles. The first-order valence-electron chi connectivity index (χ1n) is 6.88. The van der Waals surface area contributed by atoms with Crippen LogP contribution >= 0.6 is 23.2 Å². The number of nitrogens with one attached hydrogen (secondary N) is 1. The molecule has 2 nitrogen and oxygen atoms in total. The van der Waals surface area contributed by atoms with Crippen molar-refractivity contribution in [2.45, 2.75) is 45.6 Å². The Morgan fingerprint density at radius 3 is 2.58 bits per heavy atom. The van der Waals surface area contributed by atoms with E-state index in [1.54, 1.807) is 12.1 Å². The summed E-state index contributed by atoms with van der Waals surface area (Å²) in [6, 6.07) is 3.32. The van der Waals surface area contributed by atoms with Crippen LogP contribution in [0.15, 0.2) is 12.1 Å². The zero-order valence-corrected chi connectivity index (χ0v) is 12.8. The lowest BCUT2D eigenvalue weighted by Crippen LogP contribution is -2.33. The Morgan fingerprint density at radius 2 is 1.89 bits per heavy atom. The second-order valence-corrected chi connectivity index (χ2v) is 6.71. The van der Waals surface area contributed by atoms with E-state index in [0.29, 0.717) is 22.0 Å². The molecule has 0 aliphatic heterocycles. The highest BCUT2D eigenvalue weighted by Crippen LogP contribution is 2.35. The normalized spacial score (nSPS) is 18.5. The molecule has 19 heavy (non-hydrogen) atoms. The van der Waals surface area contributed by atoms with Crippen molar-refractivity contribution in [2.24, 2.45) is 5.41 Å².